The molecule has 2 aliphatic heterocycles. The fourth-order valence-corrected chi connectivity index (χ4v) is 3.04. The molecule has 122 valence electrons. The molecule has 23 heavy (non-hydrogen) atoms. The number of hydrogen-bond acceptors (Lipinski definition) is 6. The molecule has 0 radical (unpaired) electrons. The van der Waals surface area contributed by atoms with Crippen molar-refractivity contribution < 1.29 is 9.53 Å². The van der Waals surface area contributed by atoms with Gasteiger partial charge in [-0.05, 0) is 19.3 Å². The van der Waals surface area contributed by atoms with Crippen molar-refractivity contribution in [1.29, 1.82) is 5.26 Å². The summed E-state index contributed by atoms with van der Waals surface area (Å²) in [6, 6.07) is 1.52. The quantitative estimate of drug-likeness (QED) is 0.894. The van der Waals surface area contributed by atoms with Gasteiger partial charge in [0.25, 0.3) is 5.91 Å². The first-order valence-electron chi connectivity index (χ1n) is 7.75. The number of carbonyl (C=O) groups is 1. The zero-order valence-electron chi connectivity index (χ0n) is 12.7. The maximum Gasteiger partial charge on any atom is 0.272 e. The Labute approximate surface area is 139 Å². The summed E-state index contributed by atoms with van der Waals surface area (Å²) in [7, 11) is 0. The SMILES string of the molecule is N#C[C@@H](NC(=O)c1nc(N2CCCC2)ncc1Cl)[C@H]1CCOC1. The lowest BCUT2D eigenvalue weighted by molar-refractivity contribution is 0.0926. The molecule has 1 aromatic rings. The molecule has 1 aromatic heterocycles. The van der Waals surface area contributed by atoms with Crippen molar-refractivity contribution in [2.45, 2.75) is 25.3 Å². The zero-order valence-corrected chi connectivity index (χ0v) is 13.4. The second-order valence-electron chi connectivity index (χ2n) is 5.76. The summed E-state index contributed by atoms with van der Waals surface area (Å²) in [5, 5.41) is 12.2. The van der Waals surface area contributed by atoms with Gasteiger partial charge in [0.05, 0.1) is 23.9 Å². The molecule has 2 saturated heterocycles. The summed E-state index contributed by atoms with van der Waals surface area (Å²) >= 11 is 6.07. The Kier molecular flexibility index (Phi) is 4.94. The van der Waals surface area contributed by atoms with E-state index in [-0.39, 0.29) is 16.6 Å². The van der Waals surface area contributed by atoms with Gasteiger partial charge in [0.2, 0.25) is 5.95 Å². The molecular formula is C15H18ClN5O2. The summed E-state index contributed by atoms with van der Waals surface area (Å²) in [5.41, 5.74) is 0.114. The number of halogens is 1. The number of anilines is 1. The third-order valence-corrected chi connectivity index (χ3v) is 4.47. The van der Waals surface area contributed by atoms with Crippen molar-refractivity contribution >= 4 is 23.5 Å². The molecule has 3 rings (SSSR count). The summed E-state index contributed by atoms with van der Waals surface area (Å²) in [4.78, 5) is 23.0. The molecule has 0 aromatic carbocycles. The van der Waals surface area contributed by atoms with Crippen LogP contribution in [0.1, 0.15) is 29.8 Å². The summed E-state index contributed by atoms with van der Waals surface area (Å²) < 4.78 is 5.28. The standard InChI is InChI=1S/C15H18ClN5O2/c16-11-8-18-15(21-4-1-2-5-21)20-13(11)14(22)19-12(7-17)10-3-6-23-9-10/h8,10,12H,1-6,9H2,(H,19,22)/t10-,12+/m0/s1. The Balaban J connectivity index is 1.75. The molecule has 0 saturated carbocycles. The van der Waals surface area contributed by atoms with E-state index < -0.39 is 11.9 Å². The highest BCUT2D eigenvalue weighted by atomic mass is 35.5. The van der Waals surface area contributed by atoms with E-state index >= 15 is 0 Å². The Morgan fingerprint density at radius 1 is 1.52 bits per heavy atom. The average Bonchev–Trinajstić information content (AvgIpc) is 3.26. The fraction of sp³-hybridized carbons (Fsp3) is 0.600. The van der Waals surface area contributed by atoms with Crippen LogP contribution in [-0.2, 0) is 4.74 Å². The Hall–Kier alpha value is -1.91. The van der Waals surface area contributed by atoms with Gasteiger partial charge in [-0.15, -0.1) is 0 Å². The van der Waals surface area contributed by atoms with E-state index in [1.165, 1.54) is 6.20 Å². The van der Waals surface area contributed by atoms with Gasteiger partial charge >= 0.3 is 0 Å². The van der Waals surface area contributed by atoms with E-state index in [0.29, 0.717) is 19.2 Å². The minimum atomic E-state index is -0.605. The van der Waals surface area contributed by atoms with Gasteiger partial charge in [-0.25, -0.2) is 9.97 Å². The van der Waals surface area contributed by atoms with Gasteiger partial charge in [-0.1, -0.05) is 11.6 Å². The van der Waals surface area contributed by atoms with Crippen molar-refractivity contribution in [1.82, 2.24) is 15.3 Å². The van der Waals surface area contributed by atoms with Crippen molar-refractivity contribution in [3.8, 4) is 6.07 Å². The van der Waals surface area contributed by atoms with Crippen molar-refractivity contribution in [3.05, 3.63) is 16.9 Å². The van der Waals surface area contributed by atoms with Crippen molar-refractivity contribution in [2.24, 2.45) is 5.92 Å². The molecule has 0 bridgehead atoms. The van der Waals surface area contributed by atoms with Crippen LogP contribution in [0.25, 0.3) is 0 Å². The highest BCUT2D eigenvalue weighted by Gasteiger charge is 2.28. The minimum absolute atomic E-state index is 0.00242. The van der Waals surface area contributed by atoms with E-state index in [2.05, 4.69) is 21.4 Å². The normalized spacial score (nSPS) is 21.9. The first-order valence-corrected chi connectivity index (χ1v) is 8.12. The van der Waals surface area contributed by atoms with Crippen molar-refractivity contribution in [2.75, 3.05) is 31.2 Å². The van der Waals surface area contributed by atoms with Gasteiger partial charge in [0.1, 0.15) is 6.04 Å². The lowest BCUT2D eigenvalue weighted by Gasteiger charge is -2.18. The van der Waals surface area contributed by atoms with Crippen LogP contribution in [0.2, 0.25) is 5.02 Å². The number of carbonyl (C=O) groups excluding carboxylic acids is 1. The monoisotopic (exact) mass is 335 g/mol. The van der Waals surface area contributed by atoms with Crippen LogP contribution in [-0.4, -0.2) is 48.2 Å². The maximum atomic E-state index is 12.5. The molecule has 7 nitrogen and oxygen atoms in total. The molecular weight excluding hydrogens is 318 g/mol. The van der Waals surface area contributed by atoms with Gasteiger partial charge in [0, 0.05) is 25.6 Å². The predicted octanol–water partition coefficient (Wildman–Crippen LogP) is 1.39. The highest BCUT2D eigenvalue weighted by Crippen LogP contribution is 2.21. The van der Waals surface area contributed by atoms with E-state index in [1.54, 1.807) is 0 Å². The summed E-state index contributed by atoms with van der Waals surface area (Å²) in [5.74, 6) is 0.0636. The zero-order chi connectivity index (χ0) is 16.2. The molecule has 3 heterocycles. The molecule has 2 atom stereocenters. The van der Waals surface area contributed by atoms with Crippen LogP contribution in [0.15, 0.2) is 6.20 Å². The Morgan fingerprint density at radius 2 is 2.30 bits per heavy atom. The molecule has 2 fully saturated rings. The van der Waals surface area contributed by atoms with Crippen LogP contribution in [0.3, 0.4) is 0 Å². The number of amides is 1. The lowest BCUT2D eigenvalue weighted by atomic mass is 10.0. The molecule has 1 N–H and O–H groups in total. The van der Waals surface area contributed by atoms with Crippen molar-refractivity contribution in [3.63, 3.8) is 0 Å². The topological polar surface area (TPSA) is 91.1 Å². The third-order valence-electron chi connectivity index (χ3n) is 4.20. The highest BCUT2D eigenvalue weighted by molar-refractivity contribution is 6.33. The van der Waals surface area contributed by atoms with Crippen LogP contribution in [0, 0.1) is 17.2 Å². The second-order valence-corrected chi connectivity index (χ2v) is 6.17. The smallest absolute Gasteiger partial charge is 0.272 e. The number of nitrogens with zero attached hydrogens (tertiary/aromatic N) is 4. The largest absolute Gasteiger partial charge is 0.381 e. The first-order chi connectivity index (χ1) is 11.2. The minimum Gasteiger partial charge on any atom is -0.381 e. The molecule has 8 heteroatoms. The number of rotatable bonds is 4. The van der Waals surface area contributed by atoms with Crippen LogP contribution in [0.4, 0.5) is 5.95 Å². The van der Waals surface area contributed by atoms with E-state index in [1.807, 2.05) is 4.90 Å². The first kappa shape index (κ1) is 16.0. The maximum absolute atomic E-state index is 12.5. The Morgan fingerprint density at radius 3 is 2.96 bits per heavy atom. The van der Waals surface area contributed by atoms with Crippen LogP contribution >= 0.6 is 11.6 Å². The fourth-order valence-electron chi connectivity index (χ4n) is 2.87. The number of nitrogens with one attached hydrogen (secondary N) is 1. The number of hydrogen-bond donors (Lipinski definition) is 1. The average molecular weight is 336 g/mol. The summed E-state index contributed by atoms with van der Waals surface area (Å²) in [6.45, 7) is 2.85. The lowest BCUT2D eigenvalue weighted by Crippen LogP contribution is -2.40. The van der Waals surface area contributed by atoms with Crippen LogP contribution in [0.5, 0.6) is 0 Å². The molecule has 1 amide bonds. The number of ether oxygens (including phenoxy) is 1. The van der Waals surface area contributed by atoms with E-state index in [9.17, 15) is 10.1 Å². The summed E-state index contributed by atoms with van der Waals surface area (Å²) in [6.07, 6.45) is 4.38. The van der Waals surface area contributed by atoms with E-state index in [4.69, 9.17) is 16.3 Å². The predicted molar refractivity (Wildman–Crippen MR) is 84.3 cm³/mol. The van der Waals surface area contributed by atoms with E-state index in [0.717, 1.165) is 32.4 Å². The molecule has 2 aliphatic rings. The number of nitriles is 1. The van der Waals surface area contributed by atoms with Gasteiger partial charge in [0.15, 0.2) is 5.69 Å². The van der Waals surface area contributed by atoms with Gasteiger partial charge < -0.3 is 15.0 Å². The molecule has 0 unspecified atom stereocenters. The molecule has 0 aliphatic carbocycles. The third kappa shape index (κ3) is 3.54. The van der Waals surface area contributed by atoms with Crippen LogP contribution < -0.4 is 10.2 Å². The van der Waals surface area contributed by atoms with Gasteiger partial charge in [-0.2, -0.15) is 5.26 Å². The molecule has 0 spiro atoms. The Bertz CT molecular complexity index is 621. The second kappa shape index (κ2) is 7.11. The number of aromatic nitrogens is 2. The van der Waals surface area contributed by atoms with Gasteiger partial charge in [-0.3, -0.25) is 4.79 Å².